The fourth-order valence-electron chi connectivity index (χ4n) is 1.57. The van der Waals surface area contributed by atoms with Crippen LogP contribution in [-0.2, 0) is 0 Å². The number of benzene rings is 1. The number of aromatic nitrogens is 1. The van der Waals surface area contributed by atoms with Crippen LogP contribution in [0.3, 0.4) is 0 Å². The van der Waals surface area contributed by atoms with Crippen molar-refractivity contribution in [3.8, 4) is 0 Å². The number of rotatable bonds is 3. The second-order valence-electron chi connectivity index (χ2n) is 3.60. The Morgan fingerprint density at radius 3 is 2.44 bits per heavy atom. The molecule has 1 aromatic heterocycles. The van der Waals surface area contributed by atoms with E-state index in [1.54, 1.807) is 0 Å². The number of hydrogen-bond donors (Lipinski definition) is 0. The lowest BCUT2D eigenvalue weighted by Crippen LogP contribution is -2.06. The van der Waals surface area contributed by atoms with Gasteiger partial charge >= 0.3 is 0 Å². The predicted octanol–water partition coefficient (Wildman–Crippen LogP) is 4.01. The maximum absolute atomic E-state index is 12.9. The number of carbonyl (C=O) groups excluding carboxylic acids is 1. The van der Waals surface area contributed by atoms with Crippen LogP contribution in [0.4, 0.5) is 8.78 Å². The van der Waals surface area contributed by atoms with E-state index in [2.05, 4.69) is 20.9 Å². The summed E-state index contributed by atoms with van der Waals surface area (Å²) in [5.41, 5.74) is 0.0792. The standard InChI is InChI=1S/C13H8BrF2NO/c14-9-1-2-10(13(15)16)11(7-9)12(18)8-3-5-17-6-4-8/h1-7,13H. The zero-order valence-corrected chi connectivity index (χ0v) is 10.7. The Labute approximate surface area is 111 Å². The van der Waals surface area contributed by atoms with Gasteiger partial charge in [0.1, 0.15) is 0 Å². The van der Waals surface area contributed by atoms with E-state index in [0.29, 0.717) is 10.0 Å². The van der Waals surface area contributed by atoms with Crippen molar-refractivity contribution in [3.63, 3.8) is 0 Å². The molecule has 92 valence electrons. The molecular formula is C13H8BrF2NO. The van der Waals surface area contributed by atoms with Crippen LogP contribution in [0.1, 0.15) is 27.9 Å². The highest BCUT2D eigenvalue weighted by Crippen LogP contribution is 2.27. The fraction of sp³-hybridized carbons (Fsp3) is 0.0769. The molecule has 0 spiro atoms. The predicted molar refractivity (Wildman–Crippen MR) is 66.8 cm³/mol. The Hall–Kier alpha value is -1.62. The summed E-state index contributed by atoms with van der Waals surface area (Å²) >= 11 is 3.18. The minimum atomic E-state index is -2.68. The third-order valence-corrected chi connectivity index (χ3v) is 2.93. The van der Waals surface area contributed by atoms with Gasteiger partial charge in [0.15, 0.2) is 5.78 Å². The molecule has 0 saturated heterocycles. The highest BCUT2D eigenvalue weighted by atomic mass is 79.9. The van der Waals surface area contributed by atoms with Crippen molar-refractivity contribution in [2.75, 3.05) is 0 Å². The van der Waals surface area contributed by atoms with Crippen LogP contribution >= 0.6 is 15.9 Å². The first kappa shape index (κ1) is 12.8. The summed E-state index contributed by atoms with van der Waals surface area (Å²) in [4.78, 5) is 15.9. The van der Waals surface area contributed by atoms with E-state index in [1.807, 2.05) is 0 Å². The first-order valence-electron chi connectivity index (χ1n) is 5.12. The molecule has 0 fully saturated rings. The highest BCUT2D eigenvalue weighted by molar-refractivity contribution is 9.10. The number of nitrogens with zero attached hydrogens (tertiary/aromatic N) is 1. The average molecular weight is 312 g/mol. The van der Waals surface area contributed by atoms with Crippen LogP contribution in [0, 0.1) is 0 Å². The van der Waals surface area contributed by atoms with Gasteiger partial charge < -0.3 is 0 Å². The SMILES string of the molecule is O=C(c1ccncc1)c1cc(Br)ccc1C(F)F. The number of pyridine rings is 1. The molecule has 18 heavy (non-hydrogen) atoms. The number of alkyl halides is 2. The maximum atomic E-state index is 12.9. The zero-order valence-electron chi connectivity index (χ0n) is 9.11. The zero-order chi connectivity index (χ0) is 13.1. The van der Waals surface area contributed by atoms with Crippen LogP contribution in [-0.4, -0.2) is 10.8 Å². The summed E-state index contributed by atoms with van der Waals surface area (Å²) in [7, 11) is 0. The second kappa shape index (κ2) is 5.35. The van der Waals surface area contributed by atoms with Crippen molar-refractivity contribution in [1.82, 2.24) is 4.98 Å². The molecule has 1 aromatic carbocycles. The van der Waals surface area contributed by atoms with E-state index in [9.17, 15) is 13.6 Å². The normalized spacial score (nSPS) is 10.7. The molecule has 0 aliphatic heterocycles. The van der Waals surface area contributed by atoms with Crippen LogP contribution in [0.2, 0.25) is 0 Å². The van der Waals surface area contributed by atoms with Gasteiger partial charge in [-0.2, -0.15) is 0 Å². The lowest BCUT2D eigenvalue weighted by Gasteiger charge is -2.08. The molecular weight excluding hydrogens is 304 g/mol. The summed E-state index contributed by atoms with van der Waals surface area (Å²) < 4.78 is 26.3. The van der Waals surface area contributed by atoms with E-state index in [0.717, 1.165) is 0 Å². The van der Waals surface area contributed by atoms with Gasteiger partial charge in [-0.15, -0.1) is 0 Å². The Bertz CT molecular complexity index is 572. The van der Waals surface area contributed by atoms with Gasteiger partial charge in [-0.25, -0.2) is 8.78 Å². The molecule has 0 atom stereocenters. The topological polar surface area (TPSA) is 30.0 Å². The molecule has 2 aromatic rings. The first-order valence-corrected chi connectivity index (χ1v) is 5.91. The Morgan fingerprint density at radius 2 is 1.83 bits per heavy atom. The smallest absolute Gasteiger partial charge is 0.264 e. The summed E-state index contributed by atoms with van der Waals surface area (Å²) in [6.07, 6.45) is 0.222. The minimum Gasteiger partial charge on any atom is -0.289 e. The molecule has 0 unspecified atom stereocenters. The molecule has 0 radical (unpaired) electrons. The molecule has 0 aliphatic rings. The van der Waals surface area contributed by atoms with E-state index >= 15 is 0 Å². The Balaban J connectivity index is 2.50. The van der Waals surface area contributed by atoms with Gasteiger partial charge in [0, 0.05) is 33.6 Å². The molecule has 1 heterocycles. The molecule has 5 heteroatoms. The highest BCUT2D eigenvalue weighted by Gasteiger charge is 2.19. The number of halogens is 3. The Kier molecular flexibility index (Phi) is 3.81. The fourth-order valence-corrected chi connectivity index (χ4v) is 1.94. The third kappa shape index (κ3) is 2.61. The number of ketones is 1. The average Bonchev–Trinajstić information content (AvgIpc) is 2.38. The van der Waals surface area contributed by atoms with Crippen molar-refractivity contribution in [1.29, 1.82) is 0 Å². The lowest BCUT2D eigenvalue weighted by atomic mass is 9.99. The number of carbonyl (C=O) groups is 1. The molecule has 0 saturated carbocycles. The number of hydrogen-bond acceptors (Lipinski definition) is 2. The van der Waals surface area contributed by atoms with Crippen LogP contribution < -0.4 is 0 Å². The molecule has 0 bridgehead atoms. The van der Waals surface area contributed by atoms with Gasteiger partial charge in [-0.3, -0.25) is 9.78 Å². The van der Waals surface area contributed by atoms with Crippen molar-refractivity contribution < 1.29 is 13.6 Å². The van der Waals surface area contributed by atoms with Gasteiger partial charge in [-0.05, 0) is 24.3 Å². The molecule has 2 nitrogen and oxygen atoms in total. The van der Waals surface area contributed by atoms with Crippen LogP contribution in [0.5, 0.6) is 0 Å². The van der Waals surface area contributed by atoms with Gasteiger partial charge in [0.2, 0.25) is 0 Å². The molecule has 0 N–H and O–H groups in total. The quantitative estimate of drug-likeness (QED) is 0.802. The Morgan fingerprint density at radius 1 is 1.17 bits per heavy atom. The van der Waals surface area contributed by atoms with Gasteiger partial charge in [0.05, 0.1) is 0 Å². The van der Waals surface area contributed by atoms with E-state index in [-0.39, 0.29) is 11.1 Å². The van der Waals surface area contributed by atoms with Gasteiger partial charge in [-0.1, -0.05) is 22.0 Å². The van der Waals surface area contributed by atoms with E-state index in [4.69, 9.17) is 0 Å². The van der Waals surface area contributed by atoms with Crippen molar-refractivity contribution >= 4 is 21.7 Å². The van der Waals surface area contributed by atoms with E-state index < -0.39 is 12.2 Å². The van der Waals surface area contributed by atoms with Crippen LogP contribution in [0.25, 0.3) is 0 Å². The lowest BCUT2D eigenvalue weighted by molar-refractivity contribution is 0.102. The first-order chi connectivity index (χ1) is 8.59. The van der Waals surface area contributed by atoms with Crippen molar-refractivity contribution in [3.05, 3.63) is 63.9 Å². The molecule has 2 rings (SSSR count). The summed E-state index contributed by atoms with van der Waals surface area (Å²) in [6, 6.07) is 7.15. The van der Waals surface area contributed by atoms with E-state index in [1.165, 1.54) is 42.7 Å². The molecule has 0 aliphatic carbocycles. The van der Waals surface area contributed by atoms with Crippen LogP contribution in [0.15, 0.2) is 47.2 Å². The maximum Gasteiger partial charge on any atom is 0.264 e. The minimum absolute atomic E-state index is 0.00516. The van der Waals surface area contributed by atoms with Gasteiger partial charge in [0.25, 0.3) is 6.43 Å². The summed E-state index contributed by atoms with van der Waals surface area (Å²) in [5, 5.41) is 0. The second-order valence-corrected chi connectivity index (χ2v) is 4.51. The summed E-state index contributed by atoms with van der Waals surface area (Å²) in [5.74, 6) is -0.436. The van der Waals surface area contributed by atoms with Crippen molar-refractivity contribution in [2.45, 2.75) is 6.43 Å². The summed E-state index contributed by atoms with van der Waals surface area (Å²) in [6.45, 7) is 0. The third-order valence-electron chi connectivity index (χ3n) is 2.44. The largest absolute Gasteiger partial charge is 0.289 e. The van der Waals surface area contributed by atoms with Crippen molar-refractivity contribution in [2.24, 2.45) is 0 Å². The monoisotopic (exact) mass is 311 g/mol. The molecule has 0 amide bonds.